The Morgan fingerprint density at radius 1 is 1.36 bits per heavy atom. The van der Waals surface area contributed by atoms with Crippen molar-refractivity contribution in [3.05, 3.63) is 36.5 Å². The number of aromatic nitrogens is 3. The fourth-order valence-electron chi connectivity index (χ4n) is 1.30. The number of nitrogens with zero attached hydrogens (tertiary/aromatic N) is 3. The van der Waals surface area contributed by atoms with Crippen molar-refractivity contribution in [2.75, 3.05) is 5.43 Å². The van der Waals surface area contributed by atoms with Crippen molar-refractivity contribution in [2.24, 2.45) is 5.84 Å². The van der Waals surface area contributed by atoms with Crippen molar-refractivity contribution >= 4 is 5.82 Å². The van der Waals surface area contributed by atoms with Gasteiger partial charge in [-0.3, -0.25) is 0 Å². The predicted molar refractivity (Wildman–Crippen MR) is 53.9 cm³/mol. The van der Waals surface area contributed by atoms with E-state index in [1.165, 1.54) is 0 Å². The quantitative estimate of drug-likeness (QED) is 0.543. The summed E-state index contributed by atoms with van der Waals surface area (Å²) in [7, 11) is 0. The van der Waals surface area contributed by atoms with E-state index >= 15 is 0 Å². The minimum atomic E-state index is 0.635. The lowest BCUT2D eigenvalue weighted by Crippen LogP contribution is -2.09. The Bertz CT molecular complexity index is 434. The number of nitrogens with two attached hydrogens (primary N) is 1. The van der Waals surface area contributed by atoms with Crippen molar-refractivity contribution in [1.29, 1.82) is 0 Å². The van der Waals surface area contributed by atoms with Crippen LogP contribution in [-0.2, 0) is 0 Å². The molecule has 0 fully saturated rings. The van der Waals surface area contributed by atoms with Gasteiger partial charge in [-0.15, -0.1) is 0 Å². The molecule has 0 saturated carbocycles. The molecule has 0 aromatic carbocycles. The van der Waals surface area contributed by atoms with E-state index in [2.05, 4.69) is 15.4 Å². The van der Waals surface area contributed by atoms with Gasteiger partial charge >= 0.3 is 0 Å². The molecular formula is C9H11N5. The van der Waals surface area contributed by atoms with E-state index < -0.39 is 0 Å². The molecule has 0 aliphatic heterocycles. The third kappa shape index (κ3) is 1.45. The van der Waals surface area contributed by atoms with Gasteiger partial charge in [0.1, 0.15) is 11.6 Å². The molecule has 0 amide bonds. The minimum Gasteiger partial charge on any atom is -0.308 e. The van der Waals surface area contributed by atoms with Crippen LogP contribution in [0.15, 0.2) is 30.7 Å². The molecule has 5 nitrogen and oxygen atoms in total. The van der Waals surface area contributed by atoms with Crippen LogP contribution in [0.3, 0.4) is 0 Å². The Hall–Kier alpha value is -1.88. The van der Waals surface area contributed by atoms with Crippen LogP contribution in [0.2, 0.25) is 0 Å². The lowest BCUT2D eigenvalue weighted by Gasteiger charge is -2.06. The summed E-state index contributed by atoms with van der Waals surface area (Å²) >= 11 is 0. The first-order valence-corrected chi connectivity index (χ1v) is 4.24. The molecule has 2 heterocycles. The Morgan fingerprint density at radius 3 is 2.86 bits per heavy atom. The summed E-state index contributed by atoms with van der Waals surface area (Å²) in [5, 5.41) is 0. The second kappa shape index (κ2) is 3.47. The maximum atomic E-state index is 5.27. The summed E-state index contributed by atoms with van der Waals surface area (Å²) in [6.45, 7) is 1.94. The molecule has 0 aliphatic carbocycles. The van der Waals surface area contributed by atoms with Crippen LogP contribution >= 0.6 is 0 Å². The van der Waals surface area contributed by atoms with Gasteiger partial charge in [0.25, 0.3) is 0 Å². The van der Waals surface area contributed by atoms with Crippen LogP contribution in [0.1, 0.15) is 5.82 Å². The molecule has 0 bridgehead atoms. The number of pyridine rings is 1. The van der Waals surface area contributed by atoms with Gasteiger partial charge in [-0.25, -0.2) is 15.8 Å². The minimum absolute atomic E-state index is 0.635. The van der Waals surface area contributed by atoms with Gasteiger partial charge in [0.05, 0.1) is 5.69 Å². The summed E-state index contributed by atoms with van der Waals surface area (Å²) in [5.41, 5.74) is 3.49. The highest BCUT2D eigenvalue weighted by Gasteiger charge is 2.00. The third-order valence-corrected chi connectivity index (χ3v) is 2.00. The van der Waals surface area contributed by atoms with Crippen molar-refractivity contribution in [3.63, 3.8) is 0 Å². The number of rotatable bonds is 2. The summed E-state index contributed by atoms with van der Waals surface area (Å²) in [6.07, 6.45) is 5.35. The van der Waals surface area contributed by atoms with Gasteiger partial charge < -0.3 is 9.99 Å². The van der Waals surface area contributed by atoms with Gasteiger partial charge in [0.2, 0.25) is 0 Å². The Morgan fingerprint density at radius 2 is 2.21 bits per heavy atom. The van der Waals surface area contributed by atoms with E-state index in [1.54, 1.807) is 12.4 Å². The van der Waals surface area contributed by atoms with Gasteiger partial charge in [-0.2, -0.15) is 0 Å². The molecule has 0 unspecified atom stereocenters. The van der Waals surface area contributed by atoms with Gasteiger partial charge in [0.15, 0.2) is 0 Å². The lowest BCUT2D eigenvalue weighted by molar-refractivity contribution is 0.970. The molecular weight excluding hydrogens is 178 g/mol. The highest BCUT2D eigenvalue weighted by atomic mass is 15.2. The molecule has 5 heteroatoms. The summed E-state index contributed by atoms with van der Waals surface area (Å²) < 4.78 is 1.96. The van der Waals surface area contributed by atoms with Crippen LogP contribution in [0.25, 0.3) is 5.69 Å². The molecule has 2 aromatic rings. The predicted octanol–water partition coefficient (Wildman–Crippen LogP) is 0.861. The molecule has 0 spiro atoms. The average molecular weight is 189 g/mol. The number of aryl methyl sites for hydroxylation is 1. The van der Waals surface area contributed by atoms with Crippen LogP contribution in [-0.4, -0.2) is 14.5 Å². The van der Waals surface area contributed by atoms with Crippen molar-refractivity contribution in [3.8, 4) is 5.69 Å². The van der Waals surface area contributed by atoms with Crippen LogP contribution in [0.4, 0.5) is 5.82 Å². The molecule has 0 aliphatic rings. The van der Waals surface area contributed by atoms with E-state index in [0.717, 1.165) is 11.5 Å². The number of anilines is 1. The fourth-order valence-corrected chi connectivity index (χ4v) is 1.30. The zero-order valence-electron chi connectivity index (χ0n) is 7.81. The Balaban J connectivity index is 2.47. The van der Waals surface area contributed by atoms with Crippen molar-refractivity contribution in [2.45, 2.75) is 6.92 Å². The zero-order chi connectivity index (χ0) is 9.97. The number of imidazole rings is 1. The molecule has 0 radical (unpaired) electrons. The molecule has 0 atom stereocenters. The number of nitrogen functional groups attached to an aromatic ring is 1. The molecule has 0 saturated heterocycles. The maximum Gasteiger partial charge on any atom is 0.141 e. The Kier molecular flexibility index (Phi) is 2.16. The zero-order valence-corrected chi connectivity index (χ0v) is 7.81. The van der Waals surface area contributed by atoms with E-state index in [1.807, 2.05) is 29.8 Å². The normalized spacial score (nSPS) is 10.1. The van der Waals surface area contributed by atoms with E-state index in [9.17, 15) is 0 Å². The first-order chi connectivity index (χ1) is 6.81. The molecule has 3 N–H and O–H groups in total. The summed E-state index contributed by atoms with van der Waals surface area (Å²) in [5.74, 6) is 6.84. The van der Waals surface area contributed by atoms with E-state index in [4.69, 9.17) is 5.84 Å². The second-order valence-corrected chi connectivity index (χ2v) is 2.89. The van der Waals surface area contributed by atoms with E-state index in [-0.39, 0.29) is 0 Å². The second-order valence-electron chi connectivity index (χ2n) is 2.89. The van der Waals surface area contributed by atoms with Crippen molar-refractivity contribution in [1.82, 2.24) is 14.5 Å². The first-order valence-electron chi connectivity index (χ1n) is 4.24. The molecule has 2 rings (SSSR count). The number of nitrogens with one attached hydrogen (secondary N) is 1. The van der Waals surface area contributed by atoms with Crippen LogP contribution in [0, 0.1) is 6.92 Å². The number of hydrogen-bond donors (Lipinski definition) is 2. The van der Waals surface area contributed by atoms with Gasteiger partial charge in [-0.05, 0) is 13.0 Å². The topological polar surface area (TPSA) is 68.8 Å². The largest absolute Gasteiger partial charge is 0.308 e. The average Bonchev–Trinajstić information content (AvgIpc) is 2.65. The Labute approximate surface area is 81.6 Å². The van der Waals surface area contributed by atoms with Gasteiger partial charge in [0, 0.05) is 24.7 Å². The van der Waals surface area contributed by atoms with Gasteiger partial charge in [-0.1, -0.05) is 0 Å². The third-order valence-electron chi connectivity index (χ3n) is 2.00. The van der Waals surface area contributed by atoms with Crippen LogP contribution < -0.4 is 11.3 Å². The maximum absolute atomic E-state index is 5.27. The smallest absolute Gasteiger partial charge is 0.141 e. The monoisotopic (exact) mass is 189 g/mol. The first kappa shape index (κ1) is 8.71. The number of hydrazine groups is 1. The molecule has 72 valence electrons. The van der Waals surface area contributed by atoms with Crippen LogP contribution in [0.5, 0.6) is 0 Å². The standard InChI is InChI=1S/C9H11N5/c1-7-11-4-5-14(7)8-2-3-12-9(6-8)13-10/h2-6H,10H2,1H3,(H,12,13). The summed E-state index contributed by atoms with van der Waals surface area (Å²) in [4.78, 5) is 8.17. The highest BCUT2D eigenvalue weighted by molar-refractivity contribution is 5.44. The SMILES string of the molecule is Cc1nccn1-c1ccnc(NN)c1. The summed E-state index contributed by atoms with van der Waals surface area (Å²) in [6, 6.07) is 3.75. The number of hydrogen-bond acceptors (Lipinski definition) is 4. The lowest BCUT2D eigenvalue weighted by atomic mass is 10.4. The highest BCUT2D eigenvalue weighted by Crippen LogP contribution is 2.12. The van der Waals surface area contributed by atoms with E-state index in [0.29, 0.717) is 5.82 Å². The molecule has 14 heavy (non-hydrogen) atoms. The fraction of sp³-hybridized carbons (Fsp3) is 0.111. The van der Waals surface area contributed by atoms with Crippen molar-refractivity contribution < 1.29 is 0 Å². The molecule has 2 aromatic heterocycles.